The van der Waals surface area contributed by atoms with Gasteiger partial charge in [-0.3, -0.25) is 4.79 Å². The van der Waals surface area contributed by atoms with E-state index >= 15 is 0 Å². The van der Waals surface area contributed by atoms with Crippen LogP contribution >= 0.6 is 0 Å². The van der Waals surface area contributed by atoms with Gasteiger partial charge in [0.2, 0.25) is 0 Å². The highest BCUT2D eigenvalue weighted by molar-refractivity contribution is 5.79. The van der Waals surface area contributed by atoms with Crippen molar-refractivity contribution in [3.05, 3.63) is 0 Å². The summed E-state index contributed by atoms with van der Waals surface area (Å²) in [4.78, 5) is 13.6. The topological polar surface area (TPSA) is 52.6 Å². The molecule has 0 aromatic rings. The SMILES string of the molecule is CN1CCC(C2(C(=O)O)CCCN2)C1. The third-order valence-corrected chi connectivity index (χ3v) is 3.66. The van der Waals surface area contributed by atoms with Gasteiger partial charge in [0.25, 0.3) is 0 Å². The van der Waals surface area contributed by atoms with Crippen LogP contribution in [0.5, 0.6) is 0 Å². The normalized spacial score (nSPS) is 39.1. The molecule has 2 atom stereocenters. The van der Waals surface area contributed by atoms with E-state index < -0.39 is 11.5 Å². The lowest BCUT2D eigenvalue weighted by Gasteiger charge is -2.31. The van der Waals surface area contributed by atoms with Crippen molar-refractivity contribution in [2.75, 3.05) is 26.7 Å². The van der Waals surface area contributed by atoms with Gasteiger partial charge in [-0.25, -0.2) is 0 Å². The van der Waals surface area contributed by atoms with Crippen LogP contribution in [-0.2, 0) is 4.79 Å². The number of hydrogen-bond donors (Lipinski definition) is 2. The van der Waals surface area contributed by atoms with Crippen LogP contribution in [0.15, 0.2) is 0 Å². The van der Waals surface area contributed by atoms with Gasteiger partial charge in [-0.2, -0.15) is 0 Å². The number of nitrogens with zero attached hydrogens (tertiary/aromatic N) is 1. The molecule has 2 N–H and O–H groups in total. The van der Waals surface area contributed by atoms with Crippen molar-refractivity contribution in [2.24, 2.45) is 5.92 Å². The fourth-order valence-electron chi connectivity index (χ4n) is 2.81. The average Bonchev–Trinajstić information content (AvgIpc) is 2.71. The maximum Gasteiger partial charge on any atom is 0.324 e. The molecule has 14 heavy (non-hydrogen) atoms. The number of carbonyl (C=O) groups is 1. The Bertz CT molecular complexity index is 236. The van der Waals surface area contributed by atoms with Crippen molar-refractivity contribution in [3.63, 3.8) is 0 Å². The zero-order chi connectivity index (χ0) is 10.2. The molecule has 2 heterocycles. The van der Waals surface area contributed by atoms with E-state index in [1.54, 1.807) is 0 Å². The molecular formula is C10H18N2O2. The molecule has 2 rings (SSSR count). The van der Waals surface area contributed by atoms with Gasteiger partial charge in [0.05, 0.1) is 0 Å². The van der Waals surface area contributed by atoms with Crippen LogP contribution in [0.2, 0.25) is 0 Å². The van der Waals surface area contributed by atoms with E-state index in [2.05, 4.69) is 17.3 Å². The monoisotopic (exact) mass is 198 g/mol. The van der Waals surface area contributed by atoms with Crippen LogP contribution in [0.1, 0.15) is 19.3 Å². The summed E-state index contributed by atoms with van der Waals surface area (Å²) in [5, 5.41) is 12.5. The third kappa shape index (κ3) is 1.42. The quantitative estimate of drug-likeness (QED) is 0.663. The van der Waals surface area contributed by atoms with E-state index in [-0.39, 0.29) is 5.92 Å². The van der Waals surface area contributed by atoms with E-state index in [1.807, 2.05) is 0 Å². The summed E-state index contributed by atoms with van der Waals surface area (Å²) < 4.78 is 0. The number of rotatable bonds is 2. The van der Waals surface area contributed by atoms with Crippen molar-refractivity contribution in [1.82, 2.24) is 10.2 Å². The van der Waals surface area contributed by atoms with E-state index in [4.69, 9.17) is 0 Å². The second-order valence-corrected chi connectivity index (χ2v) is 4.55. The Kier molecular flexibility index (Phi) is 2.49. The Morgan fingerprint density at radius 3 is 2.86 bits per heavy atom. The third-order valence-electron chi connectivity index (χ3n) is 3.66. The summed E-state index contributed by atoms with van der Waals surface area (Å²) in [6.45, 7) is 2.80. The van der Waals surface area contributed by atoms with E-state index in [1.165, 1.54) is 0 Å². The number of nitrogens with one attached hydrogen (secondary N) is 1. The van der Waals surface area contributed by atoms with Crippen LogP contribution in [0, 0.1) is 5.92 Å². The maximum absolute atomic E-state index is 11.3. The largest absolute Gasteiger partial charge is 0.480 e. The molecule has 2 aliphatic rings. The molecular weight excluding hydrogens is 180 g/mol. The van der Waals surface area contributed by atoms with Gasteiger partial charge in [-0.15, -0.1) is 0 Å². The Hall–Kier alpha value is -0.610. The first-order valence-electron chi connectivity index (χ1n) is 5.32. The van der Waals surface area contributed by atoms with Gasteiger partial charge < -0.3 is 15.3 Å². The minimum Gasteiger partial charge on any atom is -0.480 e. The highest BCUT2D eigenvalue weighted by atomic mass is 16.4. The minimum absolute atomic E-state index is 0.285. The lowest BCUT2D eigenvalue weighted by Crippen LogP contribution is -2.54. The van der Waals surface area contributed by atoms with Crippen LogP contribution in [0.4, 0.5) is 0 Å². The summed E-state index contributed by atoms with van der Waals surface area (Å²) in [5.74, 6) is -0.372. The van der Waals surface area contributed by atoms with Crippen LogP contribution in [0.25, 0.3) is 0 Å². The molecule has 0 radical (unpaired) electrons. The summed E-state index contributed by atoms with van der Waals surface area (Å²) in [6, 6.07) is 0. The lowest BCUT2D eigenvalue weighted by atomic mass is 9.82. The molecule has 0 aromatic carbocycles. The van der Waals surface area contributed by atoms with Gasteiger partial charge in [0, 0.05) is 12.5 Å². The Morgan fingerprint density at radius 2 is 2.43 bits per heavy atom. The summed E-state index contributed by atoms with van der Waals surface area (Å²) in [7, 11) is 2.06. The molecule has 4 heteroatoms. The highest BCUT2D eigenvalue weighted by Crippen LogP contribution is 2.34. The predicted molar refractivity (Wildman–Crippen MR) is 53.2 cm³/mol. The number of hydrogen-bond acceptors (Lipinski definition) is 3. The smallest absolute Gasteiger partial charge is 0.324 e. The standard InChI is InChI=1S/C10H18N2O2/c1-12-6-3-8(7-12)10(9(13)14)4-2-5-11-10/h8,11H,2-7H2,1H3,(H,13,14). The van der Waals surface area contributed by atoms with Gasteiger partial charge in [-0.1, -0.05) is 0 Å². The molecule has 0 bridgehead atoms. The number of carboxylic acid groups (broad SMARTS) is 1. The molecule has 2 unspecified atom stereocenters. The molecule has 0 aliphatic carbocycles. The lowest BCUT2D eigenvalue weighted by molar-refractivity contribution is -0.146. The first-order chi connectivity index (χ1) is 6.65. The second-order valence-electron chi connectivity index (χ2n) is 4.55. The second kappa shape index (κ2) is 3.51. The van der Waals surface area contributed by atoms with E-state index in [9.17, 15) is 9.90 Å². The molecule has 2 saturated heterocycles. The number of likely N-dealkylation sites (tertiary alicyclic amines) is 1. The molecule has 0 saturated carbocycles. The Labute approximate surface area is 84.3 Å². The molecule has 0 spiro atoms. The van der Waals surface area contributed by atoms with Crippen molar-refractivity contribution < 1.29 is 9.90 Å². The van der Waals surface area contributed by atoms with E-state index in [0.717, 1.165) is 38.9 Å². The molecule has 0 amide bonds. The summed E-state index contributed by atoms with van der Waals surface area (Å²) >= 11 is 0. The van der Waals surface area contributed by atoms with Gasteiger partial charge in [0.15, 0.2) is 0 Å². The summed E-state index contributed by atoms with van der Waals surface area (Å²) in [6.07, 6.45) is 2.79. The molecule has 80 valence electrons. The van der Waals surface area contributed by atoms with Gasteiger partial charge in [0.1, 0.15) is 5.54 Å². The zero-order valence-electron chi connectivity index (χ0n) is 8.62. The zero-order valence-corrected chi connectivity index (χ0v) is 8.62. The first kappa shape index (κ1) is 9.93. The molecule has 0 aromatic heterocycles. The fourth-order valence-corrected chi connectivity index (χ4v) is 2.81. The Balaban J connectivity index is 2.14. The van der Waals surface area contributed by atoms with Gasteiger partial charge >= 0.3 is 5.97 Å². The molecule has 2 fully saturated rings. The van der Waals surface area contributed by atoms with Crippen LogP contribution < -0.4 is 5.32 Å². The van der Waals surface area contributed by atoms with Crippen molar-refractivity contribution in [1.29, 1.82) is 0 Å². The highest BCUT2D eigenvalue weighted by Gasteiger charge is 2.49. The number of aliphatic carboxylic acids is 1. The van der Waals surface area contributed by atoms with Gasteiger partial charge in [-0.05, 0) is 39.4 Å². The van der Waals surface area contributed by atoms with Crippen LogP contribution in [-0.4, -0.2) is 48.2 Å². The van der Waals surface area contributed by atoms with Crippen molar-refractivity contribution in [3.8, 4) is 0 Å². The number of carboxylic acids is 1. The van der Waals surface area contributed by atoms with Crippen molar-refractivity contribution in [2.45, 2.75) is 24.8 Å². The molecule has 4 nitrogen and oxygen atoms in total. The predicted octanol–water partition coefficient (Wildman–Crippen LogP) is 0.145. The van der Waals surface area contributed by atoms with Crippen molar-refractivity contribution >= 4 is 5.97 Å². The summed E-state index contributed by atoms with van der Waals surface area (Å²) in [5.41, 5.74) is -0.620. The maximum atomic E-state index is 11.3. The Morgan fingerprint density at radius 1 is 1.64 bits per heavy atom. The first-order valence-corrected chi connectivity index (χ1v) is 5.32. The van der Waals surface area contributed by atoms with E-state index in [0.29, 0.717) is 0 Å². The molecule has 2 aliphatic heterocycles. The van der Waals surface area contributed by atoms with Crippen LogP contribution in [0.3, 0.4) is 0 Å². The average molecular weight is 198 g/mol. The fraction of sp³-hybridized carbons (Fsp3) is 0.900. The minimum atomic E-state index is -0.657.